The Kier molecular flexibility index (Phi) is 4.67. The number of fused-ring (bicyclic) bond motifs is 1. The zero-order valence-electron chi connectivity index (χ0n) is 12.5. The standard InChI is InChI=1S/C17H23BrN2O/c1-12(20-9-3-2-4-15(20)7-8-19)17-11-13-10-14(18)5-6-16(13)21-17/h5-6,10-12,15H,2-4,7-9,19H2,1H3. The summed E-state index contributed by atoms with van der Waals surface area (Å²) in [6, 6.07) is 9.26. The summed E-state index contributed by atoms with van der Waals surface area (Å²) >= 11 is 3.52. The molecule has 0 amide bonds. The van der Waals surface area contributed by atoms with Crippen LogP contribution in [0.15, 0.2) is 33.2 Å². The zero-order chi connectivity index (χ0) is 14.8. The van der Waals surface area contributed by atoms with E-state index in [2.05, 4.69) is 39.9 Å². The van der Waals surface area contributed by atoms with E-state index >= 15 is 0 Å². The molecule has 0 bridgehead atoms. The molecule has 0 radical (unpaired) electrons. The molecule has 3 rings (SSSR count). The van der Waals surface area contributed by atoms with Crippen molar-refractivity contribution in [3.63, 3.8) is 0 Å². The number of hydrogen-bond acceptors (Lipinski definition) is 3. The van der Waals surface area contributed by atoms with E-state index in [0.717, 1.165) is 35.3 Å². The van der Waals surface area contributed by atoms with Gasteiger partial charge >= 0.3 is 0 Å². The second-order valence-corrected chi connectivity index (χ2v) is 6.89. The molecule has 4 heteroatoms. The number of nitrogens with zero attached hydrogens (tertiary/aromatic N) is 1. The van der Waals surface area contributed by atoms with Crippen LogP contribution in [0.5, 0.6) is 0 Å². The van der Waals surface area contributed by atoms with E-state index in [1.807, 2.05) is 12.1 Å². The molecule has 1 fully saturated rings. The van der Waals surface area contributed by atoms with Gasteiger partial charge in [-0.15, -0.1) is 0 Å². The fraction of sp³-hybridized carbons (Fsp3) is 0.529. The van der Waals surface area contributed by atoms with Crippen molar-refractivity contribution in [1.29, 1.82) is 0 Å². The lowest BCUT2D eigenvalue weighted by atomic mass is 9.97. The van der Waals surface area contributed by atoms with Crippen LogP contribution in [-0.2, 0) is 0 Å². The maximum absolute atomic E-state index is 6.07. The van der Waals surface area contributed by atoms with Crippen LogP contribution in [0, 0.1) is 0 Å². The quantitative estimate of drug-likeness (QED) is 0.884. The molecule has 0 spiro atoms. The molecule has 2 atom stereocenters. The minimum atomic E-state index is 0.313. The molecular formula is C17H23BrN2O. The van der Waals surface area contributed by atoms with Gasteiger partial charge in [0.15, 0.2) is 0 Å². The van der Waals surface area contributed by atoms with Crippen molar-refractivity contribution in [3.05, 3.63) is 34.5 Å². The topological polar surface area (TPSA) is 42.4 Å². The van der Waals surface area contributed by atoms with Gasteiger partial charge in [-0.1, -0.05) is 22.4 Å². The predicted octanol–water partition coefficient (Wildman–Crippen LogP) is 4.46. The Balaban J connectivity index is 1.85. The lowest BCUT2D eigenvalue weighted by Gasteiger charge is -2.39. The lowest BCUT2D eigenvalue weighted by Crippen LogP contribution is -2.42. The van der Waals surface area contributed by atoms with E-state index < -0.39 is 0 Å². The first-order valence-corrected chi connectivity index (χ1v) is 8.63. The van der Waals surface area contributed by atoms with Crippen LogP contribution in [0.2, 0.25) is 0 Å². The highest BCUT2D eigenvalue weighted by Gasteiger charge is 2.28. The van der Waals surface area contributed by atoms with Crippen molar-refractivity contribution in [2.75, 3.05) is 13.1 Å². The molecule has 2 N–H and O–H groups in total. The molecule has 0 saturated carbocycles. The number of piperidine rings is 1. The Hall–Kier alpha value is -0.840. The van der Waals surface area contributed by atoms with Crippen molar-refractivity contribution >= 4 is 26.9 Å². The van der Waals surface area contributed by atoms with Gasteiger partial charge in [0.2, 0.25) is 0 Å². The first-order chi connectivity index (χ1) is 10.2. The number of furan rings is 1. The van der Waals surface area contributed by atoms with Gasteiger partial charge in [-0.2, -0.15) is 0 Å². The van der Waals surface area contributed by atoms with Crippen LogP contribution in [0.3, 0.4) is 0 Å². The summed E-state index contributed by atoms with van der Waals surface area (Å²) < 4.78 is 7.16. The molecule has 2 heterocycles. The summed E-state index contributed by atoms with van der Waals surface area (Å²) in [5.41, 5.74) is 6.75. The van der Waals surface area contributed by atoms with Crippen molar-refractivity contribution in [3.8, 4) is 0 Å². The second-order valence-electron chi connectivity index (χ2n) is 5.97. The average Bonchev–Trinajstić information content (AvgIpc) is 2.90. The maximum atomic E-state index is 6.07. The van der Waals surface area contributed by atoms with Gasteiger partial charge in [0.25, 0.3) is 0 Å². The van der Waals surface area contributed by atoms with E-state index in [1.165, 1.54) is 24.6 Å². The Morgan fingerprint density at radius 3 is 3.05 bits per heavy atom. The fourth-order valence-corrected chi connectivity index (χ4v) is 3.82. The molecule has 1 aliphatic rings. The van der Waals surface area contributed by atoms with Gasteiger partial charge in [0.1, 0.15) is 11.3 Å². The first kappa shape index (κ1) is 15.1. The molecular weight excluding hydrogens is 328 g/mol. The minimum absolute atomic E-state index is 0.313. The van der Waals surface area contributed by atoms with Crippen LogP contribution >= 0.6 is 15.9 Å². The monoisotopic (exact) mass is 350 g/mol. The molecule has 21 heavy (non-hydrogen) atoms. The van der Waals surface area contributed by atoms with Gasteiger partial charge < -0.3 is 10.2 Å². The van der Waals surface area contributed by atoms with Crippen LogP contribution < -0.4 is 5.73 Å². The van der Waals surface area contributed by atoms with E-state index in [1.54, 1.807) is 0 Å². The Bertz CT molecular complexity index is 608. The molecule has 0 aliphatic carbocycles. The molecule has 3 nitrogen and oxygen atoms in total. The van der Waals surface area contributed by atoms with E-state index in [-0.39, 0.29) is 0 Å². The summed E-state index contributed by atoms with van der Waals surface area (Å²) in [4.78, 5) is 2.57. The third-order valence-electron chi connectivity index (χ3n) is 4.58. The van der Waals surface area contributed by atoms with Crippen LogP contribution in [0.1, 0.15) is 44.4 Å². The Morgan fingerprint density at radius 1 is 1.38 bits per heavy atom. The maximum Gasteiger partial charge on any atom is 0.134 e. The molecule has 1 aliphatic heterocycles. The summed E-state index contributed by atoms with van der Waals surface area (Å²) in [5, 5.41) is 1.17. The van der Waals surface area contributed by atoms with Crippen molar-refractivity contribution in [2.45, 2.75) is 44.7 Å². The Morgan fingerprint density at radius 2 is 2.24 bits per heavy atom. The van der Waals surface area contributed by atoms with Gasteiger partial charge in [-0.25, -0.2) is 0 Å². The third-order valence-corrected chi connectivity index (χ3v) is 5.07. The van der Waals surface area contributed by atoms with Crippen LogP contribution in [-0.4, -0.2) is 24.0 Å². The summed E-state index contributed by atoms with van der Waals surface area (Å²) in [6.45, 7) is 4.16. The zero-order valence-corrected chi connectivity index (χ0v) is 14.1. The van der Waals surface area contributed by atoms with E-state index in [0.29, 0.717) is 12.1 Å². The normalized spacial score (nSPS) is 21.8. The highest BCUT2D eigenvalue weighted by molar-refractivity contribution is 9.10. The van der Waals surface area contributed by atoms with E-state index in [9.17, 15) is 0 Å². The summed E-state index contributed by atoms with van der Waals surface area (Å²) in [7, 11) is 0. The number of nitrogens with two attached hydrogens (primary N) is 1. The number of halogens is 1. The van der Waals surface area contributed by atoms with Gasteiger partial charge in [-0.05, 0) is 63.5 Å². The highest BCUT2D eigenvalue weighted by atomic mass is 79.9. The van der Waals surface area contributed by atoms with Crippen molar-refractivity contribution < 1.29 is 4.42 Å². The predicted molar refractivity (Wildman–Crippen MR) is 90.3 cm³/mol. The number of benzene rings is 1. The van der Waals surface area contributed by atoms with Gasteiger partial charge in [0.05, 0.1) is 6.04 Å². The number of likely N-dealkylation sites (tertiary alicyclic amines) is 1. The third kappa shape index (κ3) is 3.17. The number of rotatable bonds is 4. The van der Waals surface area contributed by atoms with Crippen molar-refractivity contribution in [1.82, 2.24) is 4.90 Å². The molecule has 2 unspecified atom stereocenters. The van der Waals surface area contributed by atoms with E-state index in [4.69, 9.17) is 10.2 Å². The molecule has 1 saturated heterocycles. The van der Waals surface area contributed by atoms with Gasteiger partial charge in [0, 0.05) is 15.9 Å². The van der Waals surface area contributed by atoms with Crippen LogP contribution in [0.4, 0.5) is 0 Å². The molecule has 114 valence electrons. The minimum Gasteiger partial charge on any atom is -0.459 e. The smallest absolute Gasteiger partial charge is 0.134 e. The van der Waals surface area contributed by atoms with Crippen LogP contribution in [0.25, 0.3) is 11.0 Å². The van der Waals surface area contributed by atoms with Gasteiger partial charge in [-0.3, -0.25) is 4.90 Å². The average molecular weight is 351 g/mol. The summed E-state index contributed by atoms with van der Waals surface area (Å²) in [6.07, 6.45) is 4.93. The molecule has 1 aromatic heterocycles. The SMILES string of the molecule is CC(c1cc2cc(Br)ccc2o1)N1CCCCC1CCN. The largest absolute Gasteiger partial charge is 0.459 e. The Labute approximate surface area is 134 Å². The first-order valence-electron chi connectivity index (χ1n) is 7.84. The fourth-order valence-electron chi connectivity index (χ4n) is 3.44. The lowest BCUT2D eigenvalue weighted by molar-refractivity contribution is 0.0880. The molecule has 1 aromatic carbocycles. The second kappa shape index (κ2) is 6.51. The van der Waals surface area contributed by atoms with Crippen molar-refractivity contribution in [2.24, 2.45) is 5.73 Å². The summed E-state index contributed by atoms with van der Waals surface area (Å²) in [5.74, 6) is 1.06. The molecule has 2 aromatic rings. The highest BCUT2D eigenvalue weighted by Crippen LogP contribution is 2.33. The number of hydrogen-bond donors (Lipinski definition) is 1.